The predicted molar refractivity (Wildman–Crippen MR) is 106 cm³/mol. The first-order valence-electron chi connectivity index (χ1n) is 10.3. The minimum atomic E-state index is 0.0788. The molecule has 0 heterocycles. The third kappa shape index (κ3) is 14.7. The van der Waals surface area contributed by atoms with Crippen molar-refractivity contribution in [3.05, 3.63) is 24.2 Å². The van der Waals surface area contributed by atoms with Gasteiger partial charge in [-0.1, -0.05) is 78.2 Å². The molecule has 0 amide bonds. The van der Waals surface area contributed by atoms with E-state index in [-0.39, 0.29) is 11.9 Å². The van der Waals surface area contributed by atoms with Gasteiger partial charge in [-0.3, -0.25) is 0 Å². The first-order valence-corrected chi connectivity index (χ1v) is 10.3. The Labute approximate surface area is 151 Å². The Morgan fingerprint density at radius 1 is 0.917 bits per heavy atom. The van der Waals surface area contributed by atoms with Gasteiger partial charge in [0.2, 0.25) is 0 Å². The van der Waals surface area contributed by atoms with Crippen LogP contribution in [0, 0.1) is 0 Å². The van der Waals surface area contributed by atoms with Crippen LogP contribution in [-0.4, -0.2) is 11.2 Å². The molecule has 1 N–H and O–H groups in total. The van der Waals surface area contributed by atoms with Gasteiger partial charge < -0.3 is 9.84 Å². The fraction of sp³-hybridized carbons (Fsp3) is 0.818. The van der Waals surface area contributed by atoms with E-state index in [1.165, 1.54) is 64.2 Å². The van der Waals surface area contributed by atoms with Gasteiger partial charge >= 0.3 is 0 Å². The van der Waals surface area contributed by atoms with Crippen molar-refractivity contribution in [2.75, 3.05) is 0 Å². The van der Waals surface area contributed by atoms with Crippen molar-refractivity contribution in [3.8, 4) is 0 Å². The molecule has 0 fully saturated rings. The molecule has 24 heavy (non-hydrogen) atoms. The first-order chi connectivity index (χ1) is 11.6. The molecular formula is C22H42O2. The zero-order valence-corrected chi connectivity index (χ0v) is 16.6. The average molecular weight is 339 g/mol. The Bertz CT molecular complexity index is 320. The van der Waals surface area contributed by atoms with Crippen molar-refractivity contribution >= 4 is 0 Å². The van der Waals surface area contributed by atoms with E-state index in [9.17, 15) is 5.11 Å². The molecule has 1 atom stereocenters. The summed E-state index contributed by atoms with van der Waals surface area (Å²) in [6.07, 6.45) is 19.1. The van der Waals surface area contributed by atoms with Gasteiger partial charge in [0.1, 0.15) is 6.10 Å². The number of hydrogen-bond acceptors (Lipinski definition) is 2. The highest BCUT2D eigenvalue weighted by Gasteiger charge is 2.13. The van der Waals surface area contributed by atoms with E-state index < -0.39 is 0 Å². The maximum atomic E-state index is 9.53. The lowest BCUT2D eigenvalue weighted by Gasteiger charge is -2.21. The zero-order valence-electron chi connectivity index (χ0n) is 16.6. The molecule has 0 aliphatic heterocycles. The summed E-state index contributed by atoms with van der Waals surface area (Å²) in [7, 11) is 0. The Hall–Kier alpha value is -0.920. The van der Waals surface area contributed by atoms with Crippen LogP contribution < -0.4 is 0 Å². The largest absolute Gasteiger partial charge is 0.513 e. The Balaban J connectivity index is 3.92. The maximum Gasteiger partial charge on any atom is 0.105 e. The second-order valence-corrected chi connectivity index (χ2v) is 6.99. The number of allylic oxidation sites excluding steroid dienone is 2. The minimum Gasteiger partial charge on any atom is -0.513 e. The van der Waals surface area contributed by atoms with Crippen molar-refractivity contribution in [2.24, 2.45) is 0 Å². The molecule has 0 bridgehead atoms. The summed E-state index contributed by atoms with van der Waals surface area (Å²) in [5.41, 5.74) is 0. The highest BCUT2D eigenvalue weighted by Crippen LogP contribution is 2.20. The summed E-state index contributed by atoms with van der Waals surface area (Å²) in [5.74, 6) is 1.31. The lowest BCUT2D eigenvalue weighted by molar-refractivity contribution is 0.0889. The third-order valence-corrected chi connectivity index (χ3v) is 4.51. The van der Waals surface area contributed by atoms with Gasteiger partial charge in [0.15, 0.2) is 0 Å². The molecule has 0 rings (SSSR count). The van der Waals surface area contributed by atoms with Crippen LogP contribution >= 0.6 is 0 Å². The van der Waals surface area contributed by atoms with Gasteiger partial charge in [-0.15, -0.1) is 0 Å². The molecule has 0 spiro atoms. The van der Waals surface area contributed by atoms with Crippen LogP contribution in [0.25, 0.3) is 0 Å². The second-order valence-electron chi connectivity index (χ2n) is 6.99. The van der Waals surface area contributed by atoms with E-state index >= 15 is 0 Å². The van der Waals surface area contributed by atoms with Crippen LogP contribution in [0.5, 0.6) is 0 Å². The van der Waals surface area contributed by atoms with E-state index in [0.29, 0.717) is 6.42 Å². The lowest BCUT2D eigenvalue weighted by Crippen LogP contribution is -2.14. The molecule has 142 valence electrons. The highest BCUT2D eigenvalue weighted by molar-refractivity contribution is 4.93. The molecule has 0 radical (unpaired) electrons. The molecular weight excluding hydrogens is 296 g/mol. The van der Waals surface area contributed by atoms with Gasteiger partial charge in [-0.25, -0.2) is 0 Å². The third-order valence-electron chi connectivity index (χ3n) is 4.51. The van der Waals surface area contributed by atoms with Gasteiger partial charge in [0.25, 0.3) is 0 Å². The molecule has 2 heteroatoms. The number of aliphatic hydroxyl groups excluding tert-OH is 1. The molecule has 2 nitrogen and oxygen atoms in total. The fourth-order valence-corrected chi connectivity index (χ4v) is 2.98. The van der Waals surface area contributed by atoms with Gasteiger partial charge in [-0.05, 0) is 32.3 Å². The van der Waals surface area contributed by atoms with Crippen LogP contribution in [0.4, 0.5) is 0 Å². The summed E-state index contributed by atoms with van der Waals surface area (Å²) < 4.78 is 6.12. The van der Waals surface area contributed by atoms with E-state index in [0.717, 1.165) is 25.0 Å². The van der Waals surface area contributed by atoms with E-state index in [4.69, 9.17) is 4.74 Å². The topological polar surface area (TPSA) is 29.5 Å². The quantitative estimate of drug-likeness (QED) is 0.216. The first kappa shape index (κ1) is 23.1. The molecule has 0 saturated carbocycles. The minimum absolute atomic E-state index is 0.0788. The van der Waals surface area contributed by atoms with Crippen molar-refractivity contribution in [2.45, 2.75) is 117 Å². The number of unbranched alkanes of at least 4 members (excludes halogenated alkanes) is 9. The smallest absolute Gasteiger partial charge is 0.105 e. The average Bonchev–Trinajstić information content (AvgIpc) is 2.56. The van der Waals surface area contributed by atoms with Crippen molar-refractivity contribution in [1.82, 2.24) is 0 Å². The molecule has 0 aliphatic carbocycles. The highest BCUT2D eigenvalue weighted by atomic mass is 16.5. The number of rotatable bonds is 17. The Kier molecular flexibility index (Phi) is 16.3. The standard InChI is InChI=1S/C22H42O2/c1-5-8-10-11-12-13-14-15-16-18-22(19-20(4)23)24-21(7-3)17-9-6-2/h7,22-23H,4-6,8-19H2,1-3H3/b21-7-/t22-/m1/s1. The molecule has 0 aromatic rings. The molecule has 0 aliphatic rings. The molecule has 0 saturated heterocycles. The maximum absolute atomic E-state index is 9.53. The lowest BCUT2D eigenvalue weighted by atomic mass is 10.0. The van der Waals surface area contributed by atoms with Crippen molar-refractivity contribution < 1.29 is 9.84 Å². The summed E-state index contributed by atoms with van der Waals surface area (Å²) >= 11 is 0. The monoisotopic (exact) mass is 338 g/mol. The van der Waals surface area contributed by atoms with Gasteiger partial charge in [0.05, 0.1) is 11.5 Å². The van der Waals surface area contributed by atoms with Crippen molar-refractivity contribution in [3.63, 3.8) is 0 Å². The van der Waals surface area contributed by atoms with E-state index in [2.05, 4.69) is 26.5 Å². The van der Waals surface area contributed by atoms with Crippen LogP contribution in [0.1, 0.15) is 111 Å². The van der Waals surface area contributed by atoms with E-state index in [1.807, 2.05) is 6.92 Å². The summed E-state index contributed by atoms with van der Waals surface area (Å²) in [6.45, 7) is 10.1. The summed E-state index contributed by atoms with van der Waals surface area (Å²) in [6, 6.07) is 0. The molecule has 0 unspecified atom stereocenters. The van der Waals surface area contributed by atoms with Crippen LogP contribution in [0.2, 0.25) is 0 Å². The van der Waals surface area contributed by atoms with E-state index in [1.54, 1.807) is 0 Å². The summed E-state index contributed by atoms with van der Waals surface area (Å²) in [4.78, 5) is 0. The van der Waals surface area contributed by atoms with Crippen LogP contribution in [0.15, 0.2) is 24.2 Å². The zero-order chi connectivity index (χ0) is 18.0. The summed E-state index contributed by atoms with van der Waals surface area (Å²) in [5, 5.41) is 9.53. The number of aliphatic hydroxyl groups is 1. The fourth-order valence-electron chi connectivity index (χ4n) is 2.98. The predicted octanol–water partition coefficient (Wildman–Crippen LogP) is 7.85. The van der Waals surface area contributed by atoms with Crippen LogP contribution in [-0.2, 0) is 4.74 Å². The Morgan fingerprint density at radius 2 is 1.46 bits per heavy atom. The normalized spacial score (nSPS) is 13.0. The number of hydrogen-bond donors (Lipinski definition) is 1. The van der Waals surface area contributed by atoms with Gasteiger partial charge in [-0.2, -0.15) is 0 Å². The Morgan fingerprint density at radius 3 is 1.96 bits per heavy atom. The van der Waals surface area contributed by atoms with Crippen molar-refractivity contribution in [1.29, 1.82) is 0 Å². The molecule has 0 aromatic carbocycles. The van der Waals surface area contributed by atoms with Crippen LogP contribution in [0.3, 0.4) is 0 Å². The molecule has 0 aromatic heterocycles. The van der Waals surface area contributed by atoms with Gasteiger partial charge in [0, 0.05) is 12.8 Å². The SMILES string of the molecule is C=C(O)C[C@@H](CCCCCCCCCCC)O/C(=C\C)CCCC. The second kappa shape index (κ2) is 16.9. The number of ether oxygens (including phenoxy) is 1.